The van der Waals surface area contributed by atoms with Crippen LogP contribution in [0.5, 0.6) is 5.75 Å². The van der Waals surface area contributed by atoms with Gasteiger partial charge in [-0.2, -0.15) is 0 Å². The molecule has 0 aromatic heterocycles. The fraction of sp³-hybridized carbons (Fsp3) is 0.357. The lowest BCUT2D eigenvalue weighted by atomic mass is 10.1. The van der Waals surface area contributed by atoms with Crippen LogP contribution >= 0.6 is 0 Å². The molecule has 99 valence electrons. The molecule has 4 heteroatoms. The van der Waals surface area contributed by atoms with Gasteiger partial charge in [-0.05, 0) is 12.5 Å². The summed E-state index contributed by atoms with van der Waals surface area (Å²) in [6, 6.07) is 2.42. The van der Waals surface area contributed by atoms with Crippen molar-refractivity contribution in [3.8, 4) is 5.75 Å². The molecule has 1 radical (unpaired) electrons. The highest BCUT2D eigenvalue weighted by molar-refractivity contribution is 6.77. The molecule has 0 aliphatic heterocycles. The standard InChI is InChI=1S/C14H19F2OSi/c1-6-7-17-11-8-12(15)14(13(16)9-11)10(2)18(3,4)5/h6,8-10H,1-2,7H2,3-5H3. The number of hydrogen-bond acceptors (Lipinski definition) is 1. The fourth-order valence-corrected chi connectivity index (χ4v) is 2.71. The van der Waals surface area contributed by atoms with E-state index in [1.54, 1.807) is 0 Å². The molecule has 0 saturated heterocycles. The number of rotatable bonds is 5. The van der Waals surface area contributed by atoms with Crippen molar-refractivity contribution < 1.29 is 13.5 Å². The van der Waals surface area contributed by atoms with Crippen molar-refractivity contribution >= 4 is 8.07 Å². The Morgan fingerprint density at radius 3 is 2.17 bits per heavy atom. The van der Waals surface area contributed by atoms with Gasteiger partial charge in [-0.3, -0.25) is 0 Å². The molecule has 1 unspecified atom stereocenters. The highest BCUT2D eigenvalue weighted by atomic mass is 28.3. The van der Waals surface area contributed by atoms with Gasteiger partial charge < -0.3 is 4.74 Å². The van der Waals surface area contributed by atoms with Crippen molar-refractivity contribution in [2.75, 3.05) is 6.61 Å². The number of benzene rings is 1. The average molecular weight is 269 g/mol. The zero-order valence-corrected chi connectivity index (χ0v) is 12.1. The molecule has 0 bridgehead atoms. The van der Waals surface area contributed by atoms with E-state index >= 15 is 0 Å². The van der Waals surface area contributed by atoms with Crippen LogP contribution in [0.25, 0.3) is 0 Å². The summed E-state index contributed by atoms with van der Waals surface area (Å²) in [5.41, 5.74) is -0.258. The minimum atomic E-state index is -1.76. The van der Waals surface area contributed by atoms with E-state index in [-0.39, 0.29) is 23.5 Å². The second-order valence-corrected chi connectivity index (χ2v) is 10.7. The van der Waals surface area contributed by atoms with E-state index in [0.717, 1.165) is 0 Å². The quantitative estimate of drug-likeness (QED) is 0.571. The topological polar surface area (TPSA) is 9.23 Å². The first-order valence-electron chi connectivity index (χ1n) is 5.83. The summed E-state index contributed by atoms with van der Waals surface area (Å²) >= 11 is 0. The Hall–Kier alpha value is -1.16. The summed E-state index contributed by atoms with van der Waals surface area (Å²) in [6.45, 7) is 13.7. The fourth-order valence-electron chi connectivity index (χ4n) is 1.57. The minimum absolute atomic E-state index is 0.0696. The van der Waals surface area contributed by atoms with E-state index in [4.69, 9.17) is 4.74 Å². The summed E-state index contributed by atoms with van der Waals surface area (Å²) in [7, 11) is -1.76. The van der Waals surface area contributed by atoms with Gasteiger partial charge in [-0.1, -0.05) is 32.3 Å². The van der Waals surface area contributed by atoms with Gasteiger partial charge >= 0.3 is 0 Å². The van der Waals surface area contributed by atoms with Gasteiger partial charge in [0.05, 0.1) is 8.07 Å². The molecule has 0 aliphatic carbocycles. The summed E-state index contributed by atoms with van der Waals surface area (Å²) < 4.78 is 33.0. The monoisotopic (exact) mass is 269 g/mol. The molecule has 1 aromatic rings. The van der Waals surface area contributed by atoms with Gasteiger partial charge in [-0.25, -0.2) is 8.78 Å². The number of hydrogen-bond donors (Lipinski definition) is 0. The Balaban J connectivity index is 3.12. The molecule has 0 saturated carbocycles. The van der Waals surface area contributed by atoms with Crippen LogP contribution in [0.1, 0.15) is 11.1 Å². The molecular formula is C14H19F2OSi. The minimum Gasteiger partial charge on any atom is -0.489 e. The van der Waals surface area contributed by atoms with Crippen LogP contribution in [-0.2, 0) is 0 Å². The SMILES string of the molecule is [CH2]C(c1c(F)cc(OCC=C)cc1F)[Si](C)(C)C. The summed E-state index contributed by atoms with van der Waals surface area (Å²) in [5, 5.41) is 0. The zero-order chi connectivity index (χ0) is 13.9. The molecule has 0 aliphatic rings. The maximum absolute atomic E-state index is 14.0. The molecule has 1 nitrogen and oxygen atoms in total. The van der Waals surface area contributed by atoms with Crippen LogP contribution in [0.3, 0.4) is 0 Å². The van der Waals surface area contributed by atoms with Crippen LogP contribution in [-0.4, -0.2) is 14.7 Å². The van der Waals surface area contributed by atoms with Gasteiger partial charge in [0.2, 0.25) is 0 Å². The number of ether oxygens (including phenoxy) is 1. The Morgan fingerprint density at radius 2 is 1.78 bits per heavy atom. The van der Waals surface area contributed by atoms with Crippen molar-refractivity contribution in [3.05, 3.63) is 48.9 Å². The van der Waals surface area contributed by atoms with Crippen molar-refractivity contribution in [1.82, 2.24) is 0 Å². The molecule has 0 fully saturated rings. The van der Waals surface area contributed by atoms with Crippen LogP contribution in [0.2, 0.25) is 19.6 Å². The first kappa shape index (κ1) is 14.9. The maximum atomic E-state index is 14.0. The van der Waals surface area contributed by atoms with Crippen LogP contribution in [0.4, 0.5) is 8.78 Å². The predicted octanol–water partition coefficient (Wildman–Crippen LogP) is 4.32. The molecule has 1 atom stereocenters. The smallest absolute Gasteiger partial charge is 0.132 e. The highest BCUT2D eigenvalue weighted by Gasteiger charge is 2.29. The predicted molar refractivity (Wildman–Crippen MR) is 73.5 cm³/mol. The van der Waals surface area contributed by atoms with Crippen molar-refractivity contribution in [3.63, 3.8) is 0 Å². The molecule has 0 heterocycles. The van der Waals surface area contributed by atoms with Crippen LogP contribution < -0.4 is 4.74 Å². The van der Waals surface area contributed by atoms with Crippen molar-refractivity contribution in [2.24, 2.45) is 0 Å². The maximum Gasteiger partial charge on any atom is 0.132 e. The van der Waals surface area contributed by atoms with Gasteiger partial charge in [-0.15, -0.1) is 0 Å². The lowest BCUT2D eigenvalue weighted by molar-refractivity contribution is 0.357. The molecule has 1 aromatic carbocycles. The summed E-state index contributed by atoms with van der Waals surface area (Å²) in [4.78, 5) is 0. The third-order valence-corrected chi connectivity index (χ3v) is 5.19. The third-order valence-electron chi connectivity index (χ3n) is 2.81. The highest BCUT2D eigenvalue weighted by Crippen LogP contribution is 2.32. The lowest BCUT2D eigenvalue weighted by Gasteiger charge is -2.26. The van der Waals surface area contributed by atoms with Gasteiger partial charge in [0, 0.05) is 17.7 Å². The Morgan fingerprint density at radius 1 is 1.28 bits per heavy atom. The average Bonchev–Trinajstić information content (AvgIpc) is 2.24. The number of halogens is 2. The van der Waals surface area contributed by atoms with E-state index in [9.17, 15) is 8.78 Å². The summed E-state index contributed by atoms with van der Waals surface area (Å²) in [6.07, 6.45) is 1.52. The van der Waals surface area contributed by atoms with E-state index in [1.807, 2.05) is 19.6 Å². The molecule has 18 heavy (non-hydrogen) atoms. The third kappa shape index (κ3) is 3.42. The van der Waals surface area contributed by atoms with Crippen LogP contribution in [0.15, 0.2) is 24.8 Å². The van der Waals surface area contributed by atoms with Crippen molar-refractivity contribution in [2.45, 2.75) is 25.2 Å². The molecule has 1 rings (SSSR count). The Kier molecular flexibility index (Phi) is 4.68. The van der Waals surface area contributed by atoms with Gasteiger partial charge in [0.25, 0.3) is 0 Å². The summed E-state index contributed by atoms with van der Waals surface area (Å²) in [5.74, 6) is -0.996. The molecule has 0 N–H and O–H groups in total. The largest absolute Gasteiger partial charge is 0.489 e. The normalized spacial score (nSPS) is 13.2. The van der Waals surface area contributed by atoms with Gasteiger partial charge in [0.1, 0.15) is 24.0 Å². The van der Waals surface area contributed by atoms with E-state index in [1.165, 1.54) is 18.2 Å². The van der Waals surface area contributed by atoms with Crippen molar-refractivity contribution in [1.29, 1.82) is 0 Å². The molecule has 0 amide bonds. The first-order valence-corrected chi connectivity index (χ1v) is 9.40. The van der Waals surface area contributed by atoms with Gasteiger partial charge in [0.15, 0.2) is 0 Å². The first-order chi connectivity index (χ1) is 8.27. The molecule has 0 spiro atoms. The zero-order valence-electron chi connectivity index (χ0n) is 11.1. The lowest BCUT2D eigenvalue weighted by Crippen LogP contribution is -2.30. The second-order valence-electron chi connectivity index (χ2n) is 5.32. The van der Waals surface area contributed by atoms with E-state index in [2.05, 4.69) is 13.5 Å². The van der Waals surface area contributed by atoms with E-state index in [0.29, 0.717) is 0 Å². The van der Waals surface area contributed by atoms with Crippen LogP contribution in [0, 0.1) is 18.6 Å². The van der Waals surface area contributed by atoms with E-state index < -0.39 is 19.7 Å². The second kappa shape index (κ2) is 5.65. The Labute approximate surface area is 108 Å². The molecular weight excluding hydrogens is 250 g/mol. The Bertz CT molecular complexity index is 415.